The fourth-order valence-electron chi connectivity index (χ4n) is 2.26. The van der Waals surface area contributed by atoms with Crippen LogP contribution >= 0.6 is 0 Å². The van der Waals surface area contributed by atoms with E-state index in [1.807, 2.05) is 13.0 Å². The van der Waals surface area contributed by atoms with Gasteiger partial charge in [0.25, 0.3) is 0 Å². The Hall–Kier alpha value is -2.13. The van der Waals surface area contributed by atoms with Crippen molar-refractivity contribution in [1.82, 2.24) is 0 Å². The van der Waals surface area contributed by atoms with E-state index >= 15 is 0 Å². The minimum atomic E-state index is -0.515. The van der Waals surface area contributed by atoms with Crippen LogP contribution in [-0.4, -0.2) is 24.2 Å². The van der Waals surface area contributed by atoms with Gasteiger partial charge >= 0.3 is 5.69 Å². The molecule has 0 radical (unpaired) electrons. The van der Waals surface area contributed by atoms with Gasteiger partial charge in [-0.3, -0.25) is 10.1 Å². The zero-order valence-electron chi connectivity index (χ0n) is 10.6. The lowest BCUT2D eigenvalue weighted by molar-refractivity contribution is -0.384. The molecule has 1 fully saturated rings. The van der Waals surface area contributed by atoms with E-state index in [9.17, 15) is 10.1 Å². The van der Waals surface area contributed by atoms with E-state index < -0.39 is 4.92 Å². The number of nitrogens with zero attached hydrogens (tertiary/aromatic N) is 2. The monoisotopic (exact) mass is 261 g/mol. The zero-order valence-corrected chi connectivity index (χ0v) is 10.6. The fraction of sp³-hybridized carbons (Fsp3) is 0.462. The number of benzene rings is 1. The van der Waals surface area contributed by atoms with Crippen LogP contribution in [0, 0.1) is 27.4 Å². The SMILES string of the molecule is CC(Nc1cccc(C#N)c1[N+](=O)[O-])C1CCOC1. The molecular formula is C13H15N3O3. The molecule has 0 saturated carbocycles. The molecule has 19 heavy (non-hydrogen) atoms. The molecular weight excluding hydrogens is 246 g/mol. The summed E-state index contributed by atoms with van der Waals surface area (Å²) < 4.78 is 5.31. The van der Waals surface area contributed by atoms with E-state index in [2.05, 4.69) is 5.32 Å². The smallest absolute Gasteiger partial charge is 0.309 e. The summed E-state index contributed by atoms with van der Waals surface area (Å²) in [4.78, 5) is 10.6. The molecule has 1 N–H and O–H groups in total. The van der Waals surface area contributed by atoms with Crippen LogP contribution in [0.5, 0.6) is 0 Å². The van der Waals surface area contributed by atoms with Gasteiger partial charge in [0.15, 0.2) is 0 Å². The minimum Gasteiger partial charge on any atom is -0.381 e. The van der Waals surface area contributed by atoms with E-state index in [1.165, 1.54) is 6.07 Å². The van der Waals surface area contributed by atoms with Crippen molar-refractivity contribution in [3.05, 3.63) is 33.9 Å². The maximum absolute atomic E-state index is 11.1. The molecule has 1 aliphatic rings. The van der Waals surface area contributed by atoms with Crippen LogP contribution in [0.4, 0.5) is 11.4 Å². The Bertz CT molecular complexity index is 518. The van der Waals surface area contributed by atoms with Crippen molar-refractivity contribution >= 4 is 11.4 Å². The lowest BCUT2D eigenvalue weighted by atomic mass is 10.00. The van der Waals surface area contributed by atoms with Crippen molar-refractivity contribution in [1.29, 1.82) is 5.26 Å². The van der Waals surface area contributed by atoms with Crippen LogP contribution in [0.25, 0.3) is 0 Å². The average molecular weight is 261 g/mol. The molecule has 2 atom stereocenters. The van der Waals surface area contributed by atoms with Crippen molar-refractivity contribution < 1.29 is 9.66 Å². The minimum absolute atomic E-state index is 0.0649. The predicted octanol–water partition coefficient (Wildman–Crippen LogP) is 2.30. The van der Waals surface area contributed by atoms with Crippen LogP contribution < -0.4 is 5.32 Å². The zero-order chi connectivity index (χ0) is 13.8. The molecule has 1 aromatic carbocycles. The Morgan fingerprint density at radius 2 is 2.42 bits per heavy atom. The fourth-order valence-corrected chi connectivity index (χ4v) is 2.26. The summed E-state index contributed by atoms with van der Waals surface area (Å²) >= 11 is 0. The van der Waals surface area contributed by atoms with Crippen molar-refractivity contribution in [2.75, 3.05) is 18.5 Å². The summed E-state index contributed by atoms with van der Waals surface area (Å²) in [5, 5.41) is 23.2. The number of nitriles is 1. The van der Waals surface area contributed by atoms with Gasteiger partial charge in [-0.25, -0.2) is 0 Å². The van der Waals surface area contributed by atoms with Gasteiger partial charge in [-0.15, -0.1) is 0 Å². The first-order chi connectivity index (χ1) is 9.13. The van der Waals surface area contributed by atoms with E-state index in [1.54, 1.807) is 12.1 Å². The molecule has 0 aromatic heterocycles. The topological polar surface area (TPSA) is 88.2 Å². The van der Waals surface area contributed by atoms with Crippen molar-refractivity contribution in [3.63, 3.8) is 0 Å². The van der Waals surface area contributed by atoms with Gasteiger partial charge < -0.3 is 10.1 Å². The Balaban J connectivity index is 2.24. The second kappa shape index (κ2) is 5.67. The Morgan fingerprint density at radius 3 is 3.00 bits per heavy atom. The molecule has 6 heteroatoms. The quantitative estimate of drug-likeness (QED) is 0.663. The molecule has 1 heterocycles. The number of rotatable bonds is 4. The molecule has 6 nitrogen and oxygen atoms in total. The largest absolute Gasteiger partial charge is 0.381 e. The summed E-state index contributed by atoms with van der Waals surface area (Å²) in [6.45, 7) is 3.37. The Labute approximate surface area is 111 Å². The molecule has 100 valence electrons. The molecule has 0 bridgehead atoms. The van der Waals surface area contributed by atoms with Crippen LogP contribution in [-0.2, 0) is 4.74 Å². The molecule has 1 saturated heterocycles. The van der Waals surface area contributed by atoms with Gasteiger partial charge in [-0.05, 0) is 25.5 Å². The van der Waals surface area contributed by atoms with E-state index in [0.29, 0.717) is 18.2 Å². The lowest BCUT2D eigenvalue weighted by Gasteiger charge is -2.20. The summed E-state index contributed by atoms with van der Waals surface area (Å²) in [6, 6.07) is 6.64. The number of nitrogens with one attached hydrogen (secondary N) is 1. The summed E-state index contributed by atoms with van der Waals surface area (Å²) in [6.07, 6.45) is 0.944. The Kier molecular flexibility index (Phi) is 3.97. The number of nitro benzene ring substituents is 1. The maximum Gasteiger partial charge on any atom is 0.309 e. The first-order valence-electron chi connectivity index (χ1n) is 6.15. The average Bonchev–Trinajstić information content (AvgIpc) is 2.92. The van der Waals surface area contributed by atoms with Gasteiger partial charge in [0.1, 0.15) is 17.3 Å². The molecule has 0 amide bonds. The summed E-state index contributed by atoms with van der Waals surface area (Å²) in [5.74, 6) is 0.338. The maximum atomic E-state index is 11.1. The van der Waals surface area contributed by atoms with Crippen molar-refractivity contribution in [2.24, 2.45) is 5.92 Å². The Morgan fingerprint density at radius 1 is 1.63 bits per heavy atom. The van der Waals surface area contributed by atoms with E-state index in [-0.39, 0.29) is 17.3 Å². The van der Waals surface area contributed by atoms with Gasteiger partial charge in [0, 0.05) is 18.6 Å². The molecule has 2 rings (SSSR count). The first kappa shape index (κ1) is 13.3. The number of para-hydroxylation sites is 1. The second-order valence-corrected chi connectivity index (χ2v) is 4.63. The second-order valence-electron chi connectivity index (χ2n) is 4.63. The van der Waals surface area contributed by atoms with Gasteiger partial charge in [-0.1, -0.05) is 6.07 Å². The van der Waals surface area contributed by atoms with E-state index in [4.69, 9.17) is 10.00 Å². The summed E-state index contributed by atoms with van der Waals surface area (Å²) in [7, 11) is 0. The van der Waals surface area contributed by atoms with Crippen LogP contribution in [0.2, 0.25) is 0 Å². The highest BCUT2D eigenvalue weighted by molar-refractivity contribution is 5.68. The number of ether oxygens (including phenoxy) is 1. The highest BCUT2D eigenvalue weighted by Crippen LogP contribution is 2.30. The highest BCUT2D eigenvalue weighted by atomic mass is 16.6. The van der Waals surface area contributed by atoms with Gasteiger partial charge in [-0.2, -0.15) is 5.26 Å². The molecule has 1 aromatic rings. The van der Waals surface area contributed by atoms with Crippen LogP contribution in [0.3, 0.4) is 0 Å². The number of hydrogen-bond acceptors (Lipinski definition) is 5. The standard InChI is InChI=1S/C13H15N3O3/c1-9(11-5-6-19-8-11)15-12-4-2-3-10(7-14)13(12)16(17)18/h2-4,9,11,15H,5-6,8H2,1H3. The third-order valence-corrected chi connectivity index (χ3v) is 3.39. The number of anilines is 1. The van der Waals surface area contributed by atoms with Crippen LogP contribution in [0.1, 0.15) is 18.9 Å². The highest BCUT2D eigenvalue weighted by Gasteiger charge is 2.26. The predicted molar refractivity (Wildman–Crippen MR) is 69.8 cm³/mol. The third-order valence-electron chi connectivity index (χ3n) is 3.39. The van der Waals surface area contributed by atoms with Crippen molar-refractivity contribution in [3.8, 4) is 6.07 Å². The third kappa shape index (κ3) is 2.83. The molecule has 1 aliphatic heterocycles. The van der Waals surface area contributed by atoms with E-state index in [0.717, 1.165) is 13.0 Å². The van der Waals surface area contributed by atoms with Crippen molar-refractivity contribution in [2.45, 2.75) is 19.4 Å². The molecule has 0 aliphatic carbocycles. The summed E-state index contributed by atoms with van der Waals surface area (Å²) in [5.41, 5.74) is 0.309. The number of hydrogen-bond donors (Lipinski definition) is 1. The lowest BCUT2D eigenvalue weighted by Crippen LogP contribution is -2.26. The van der Waals surface area contributed by atoms with Crippen LogP contribution in [0.15, 0.2) is 18.2 Å². The van der Waals surface area contributed by atoms with Gasteiger partial charge in [0.2, 0.25) is 0 Å². The normalized spacial score (nSPS) is 19.7. The van der Waals surface area contributed by atoms with Gasteiger partial charge in [0.05, 0.1) is 11.5 Å². The molecule has 0 spiro atoms. The molecule has 2 unspecified atom stereocenters. The number of nitro groups is 1. The first-order valence-corrected chi connectivity index (χ1v) is 6.15.